The van der Waals surface area contributed by atoms with Crippen molar-refractivity contribution in [1.82, 2.24) is 30.4 Å². The molecule has 19 heteroatoms. The van der Waals surface area contributed by atoms with Crippen LogP contribution in [0.2, 0.25) is 0 Å². The van der Waals surface area contributed by atoms with Crippen LogP contribution < -0.4 is 5.32 Å². The SMILES string of the molecule is CO/N=C(/C(=O)N[C@@H]1C(=O)N2C(C(=O)O)=C(CSc3nnnn3CS(=O)(=O)O)CS[C@H]12)c1ccco1. The van der Waals surface area contributed by atoms with E-state index in [1.807, 2.05) is 0 Å². The van der Waals surface area contributed by atoms with E-state index in [0.717, 1.165) is 21.3 Å². The molecule has 1 fully saturated rings. The van der Waals surface area contributed by atoms with Crippen LogP contribution >= 0.6 is 23.5 Å². The van der Waals surface area contributed by atoms with E-state index >= 15 is 0 Å². The molecule has 2 aliphatic heterocycles. The van der Waals surface area contributed by atoms with Gasteiger partial charge in [-0.15, -0.1) is 16.9 Å². The number of amides is 2. The number of furan rings is 1. The number of tetrazole rings is 1. The van der Waals surface area contributed by atoms with Gasteiger partial charge in [0.15, 0.2) is 11.6 Å². The van der Waals surface area contributed by atoms with Crippen LogP contribution in [0.25, 0.3) is 0 Å². The van der Waals surface area contributed by atoms with E-state index in [1.165, 1.54) is 31.2 Å². The molecule has 0 aliphatic carbocycles. The topological polar surface area (TPSA) is 219 Å². The highest BCUT2D eigenvalue weighted by Gasteiger charge is 2.54. The lowest BCUT2D eigenvalue weighted by molar-refractivity contribution is -0.150. The number of thioether (sulfide) groups is 2. The van der Waals surface area contributed by atoms with Crippen LogP contribution in [0.4, 0.5) is 0 Å². The summed E-state index contributed by atoms with van der Waals surface area (Å²) in [5, 5.41) is 25.8. The average Bonchev–Trinajstić information content (AvgIpc) is 3.50. The second kappa shape index (κ2) is 10.3. The third-order valence-corrected chi connectivity index (χ3v) is 7.80. The molecule has 16 nitrogen and oxygen atoms in total. The van der Waals surface area contributed by atoms with E-state index in [0.29, 0.717) is 5.57 Å². The molecule has 2 aliphatic rings. The molecular formula is C17H17N7O9S3. The number of nitrogens with one attached hydrogen (secondary N) is 1. The number of aromatic nitrogens is 4. The summed E-state index contributed by atoms with van der Waals surface area (Å²) in [6, 6.07) is 2.03. The first kappa shape index (κ1) is 25.7. The molecule has 36 heavy (non-hydrogen) atoms. The molecule has 0 saturated carbocycles. The summed E-state index contributed by atoms with van der Waals surface area (Å²) in [6.45, 7) is 0. The Bertz CT molecular complexity index is 1350. The second-order valence-corrected chi connectivity index (χ2v) is 10.6. The summed E-state index contributed by atoms with van der Waals surface area (Å²) in [7, 11) is -3.16. The van der Waals surface area contributed by atoms with Gasteiger partial charge in [0, 0.05) is 11.5 Å². The van der Waals surface area contributed by atoms with Crippen LogP contribution in [0.3, 0.4) is 0 Å². The van der Waals surface area contributed by atoms with Gasteiger partial charge in [-0.05, 0) is 28.1 Å². The predicted octanol–water partition coefficient (Wildman–Crippen LogP) is -1.01. The summed E-state index contributed by atoms with van der Waals surface area (Å²) < 4.78 is 37.3. The minimum atomic E-state index is -4.40. The zero-order chi connectivity index (χ0) is 26.0. The Balaban J connectivity index is 1.48. The highest BCUT2D eigenvalue weighted by Crippen LogP contribution is 2.41. The molecular weight excluding hydrogens is 542 g/mol. The number of β-lactam (4-membered cyclic amide) rings is 1. The van der Waals surface area contributed by atoms with Crippen molar-refractivity contribution in [2.45, 2.75) is 22.4 Å². The molecule has 3 N–H and O–H groups in total. The maximum atomic E-state index is 12.9. The van der Waals surface area contributed by atoms with Crippen molar-refractivity contribution in [2.24, 2.45) is 5.16 Å². The number of carbonyl (C=O) groups excluding carboxylic acids is 2. The molecule has 4 heterocycles. The fraction of sp³-hybridized carbons (Fsp3) is 0.353. The number of nitrogens with zero attached hydrogens (tertiary/aromatic N) is 6. The largest absolute Gasteiger partial charge is 0.477 e. The van der Waals surface area contributed by atoms with E-state index in [-0.39, 0.29) is 33.8 Å². The third-order valence-electron chi connectivity index (χ3n) is 4.85. The number of carboxylic acid groups (broad SMARTS) is 1. The molecule has 2 aromatic rings. The fourth-order valence-corrected chi connectivity index (χ4v) is 6.32. The first-order chi connectivity index (χ1) is 17.1. The Morgan fingerprint density at radius 1 is 1.44 bits per heavy atom. The average molecular weight is 560 g/mol. The number of aliphatic carboxylic acids is 1. The van der Waals surface area contributed by atoms with Gasteiger partial charge in [0.1, 0.15) is 24.2 Å². The smallest absolute Gasteiger partial charge is 0.352 e. The summed E-state index contributed by atoms with van der Waals surface area (Å²) >= 11 is 2.18. The van der Waals surface area contributed by atoms with Crippen LogP contribution in [0.15, 0.2) is 44.4 Å². The van der Waals surface area contributed by atoms with Crippen LogP contribution in [0.1, 0.15) is 5.76 Å². The number of rotatable bonds is 10. The van der Waals surface area contributed by atoms with Crippen molar-refractivity contribution < 1.29 is 41.7 Å². The quantitative estimate of drug-likeness (QED) is 0.104. The third kappa shape index (κ3) is 5.22. The zero-order valence-corrected chi connectivity index (χ0v) is 20.6. The van der Waals surface area contributed by atoms with E-state index in [2.05, 4.69) is 30.8 Å². The molecule has 0 unspecified atom stereocenters. The number of fused-ring (bicyclic) bond motifs is 1. The van der Waals surface area contributed by atoms with Gasteiger partial charge < -0.3 is 19.7 Å². The molecule has 0 spiro atoms. The first-order valence-electron chi connectivity index (χ1n) is 9.80. The van der Waals surface area contributed by atoms with Gasteiger partial charge >= 0.3 is 5.97 Å². The minimum absolute atomic E-state index is 0.0249. The minimum Gasteiger partial charge on any atom is -0.477 e. The van der Waals surface area contributed by atoms with Gasteiger partial charge in [0.05, 0.1) is 6.26 Å². The first-order valence-corrected chi connectivity index (χ1v) is 13.4. The van der Waals surface area contributed by atoms with Gasteiger partial charge in [0.2, 0.25) is 10.9 Å². The molecule has 192 valence electrons. The lowest BCUT2D eigenvalue weighted by Crippen LogP contribution is -2.71. The van der Waals surface area contributed by atoms with E-state index in [1.54, 1.807) is 6.07 Å². The molecule has 0 bridgehead atoms. The molecule has 4 rings (SSSR count). The van der Waals surface area contributed by atoms with Crippen LogP contribution in [-0.4, -0.2) is 96.7 Å². The highest BCUT2D eigenvalue weighted by molar-refractivity contribution is 8.01. The Morgan fingerprint density at radius 3 is 2.86 bits per heavy atom. The van der Waals surface area contributed by atoms with Crippen molar-refractivity contribution in [1.29, 1.82) is 0 Å². The summed E-state index contributed by atoms with van der Waals surface area (Å²) in [6.07, 6.45) is 1.34. The summed E-state index contributed by atoms with van der Waals surface area (Å²) in [4.78, 5) is 43.4. The fourth-order valence-electron chi connectivity index (χ4n) is 3.39. The number of hydrogen-bond donors (Lipinski definition) is 3. The Kier molecular flexibility index (Phi) is 7.33. The Labute approximate surface area is 210 Å². The molecule has 0 aromatic carbocycles. The number of oxime groups is 1. The number of carboxylic acids is 1. The van der Waals surface area contributed by atoms with Crippen molar-refractivity contribution in [3.8, 4) is 0 Å². The van der Waals surface area contributed by atoms with Gasteiger partial charge in [-0.1, -0.05) is 16.9 Å². The summed E-state index contributed by atoms with van der Waals surface area (Å²) in [5.41, 5.74) is -0.0684. The lowest BCUT2D eigenvalue weighted by Gasteiger charge is -2.49. The second-order valence-electron chi connectivity index (χ2n) is 7.18. The lowest BCUT2D eigenvalue weighted by atomic mass is 10.0. The molecule has 0 radical (unpaired) electrons. The zero-order valence-electron chi connectivity index (χ0n) is 18.2. The van der Waals surface area contributed by atoms with E-state index in [4.69, 9.17) is 8.97 Å². The summed E-state index contributed by atoms with van der Waals surface area (Å²) in [5.74, 6) is -3.24. The monoisotopic (exact) mass is 559 g/mol. The molecule has 2 amide bonds. The van der Waals surface area contributed by atoms with E-state index < -0.39 is 45.2 Å². The number of carbonyl (C=O) groups is 3. The van der Waals surface area contributed by atoms with Crippen LogP contribution in [0, 0.1) is 0 Å². The van der Waals surface area contributed by atoms with Gasteiger partial charge in [0.25, 0.3) is 21.9 Å². The molecule has 1 saturated heterocycles. The number of hydrogen-bond acceptors (Lipinski definition) is 13. The van der Waals surface area contributed by atoms with Crippen LogP contribution in [0.5, 0.6) is 0 Å². The van der Waals surface area contributed by atoms with Crippen molar-refractivity contribution in [3.63, 3.8) is 0 Å². The van der Waals surface area contributed by atoms with Crippen LogP contribution in [-0.2, 0) is 35.2 Å². The molecule has 2 aromatic heterocycles. The van der Waals surface area contributed by atoms with Gasteiger partial charge in [-0.3, -0.25) is 19.0 Å². The standard InChI is InChI=1S/C17H17N7O9S3/c1-32-20-10(9-3-2-4-33-9)13(25)18-11-14(26)24-12(16(27)28)8(5-34-15(11)24)6-35-17-19-21-22-23(17)7-36(29,30)31/h2-4,11,15H,5-7H2,1H3,(H,18,25)(H,27,28)(H,29,30,31)/b20-10+/t11-,15-/m1/s1. The van der Waals surface area contributed by atoms with E-state index in [9.17, 15) is 27.9 Å². The van der Waals surface area contributed by atoms with Gasteiger partial charge in [-0.25, -0.2) is 9.48 Å². The van der Waals surface area contributed by atoms with Crippen molar-refractivity contribution in [3.05, 3.63) is 35.4 Å². The Hall–Kier alpha value is -3.42. The highest BCUT2D eigenvalue weighted by atomic mass is 32.2. The predicted molar refractivity (Wildman–Crippen MR) is 122 cm³/mol. The van der Waals surface area contributed by atoms with Crippen molar-refractivity contribution in [2.75, 3.05) is 18.6 Å². The molecule has 2 atom stereocenters. The maximum absolute atomic E-state index is 12.9. The van der Waals surface area contributed by atoms with Crippen molar-refractivity contribution >= 4 is 57.1 Å². The van der Waals surface area contributed by atoms with Gasteiger partial charge in [-0.2, -0.15) is 8.42 Å². The Morgan fingerprint density at radius 2 is 2.22 bits per heavy atom. The maximum Gasteiger partial charge on any atom is 0.352 e. The normalized spacial score (nSPS) is 20.1.